The van der Waals surface area contributed by atoms with Gasteiger partial charge in [-0.15, -0.1) is 0 Å². The van der Waals surface area contributed by atoms with Crippen molar-refractivity contribution in [2.75, 3.05) is 25.5 Å². The van der Waals surface area contributed by atoms with E-state index in [9.17, 15) is 9.18 Å². The standard InChI is InChI=1S/C11H14FN3O/c1-15-3-2-8(7-15)11(16)14-10-4-9(12)5-13-6-10/h4-6,8H,2-3,7H2,1H3,(H,14,16). The van der Waals surface area contributed by atoms with E-state index >= 15 is 0 Å². The summed E-state index contributed by atoms with van der Waals surface area (Å²) in [7, 11) is 1.98. The molecule has 1 aromatic heterocycles. The number of aromatic nitrogens is 1. The smallest absolute Gasteiger partial charge is 0.228 e. The van der Waals surface area contributed by atoms with E-state index in [1.54, 1.807) is 0 Å². The number of rotatable bonds is 2. The van der Waals surface area contributed by atoms with Crippen LogP contribution in [-0.4, -0.2) is 35.9 Å². The van der Waals surface area contributed by atoms with Crippen molar-refractivity contribution in [1.82, 2.24) is 9.88 Å². The van der Waals surface area contributed by atoms with Crippen LogP contribution < -0.4 is 5.32 Å². The molecule has 86 valence electrons. The molecule has 1 aromatic rings. The van der Waals surface area contributed by atoms with Crippen molar-refractivity contribution in [1.29, 1.82) is 0 Å². The molecule has 0 aromatic carbocycles. The number of hydrogen-bond acceptors (Lipinski definition) is 3. The van der Waals surface area contributed by atoms with E-state index in [0.717, 1.165) is 25.7 Å². The Morgan fingerprint density at radius 1 is 1.62 bits per heavy atom. The summed E-state index contributed by atoms with van der Waals surface area (Å²) in [6, 6.07) is 1.27. The average Bonchev–Trinajstić information content (AvgIpc) is 2.65. The second-order valence-electron chi connectivity index (χ2n) is 4.13. The summed E-state index contributed by atoms with van der Waals surface area (Å²) in [5, 5.41) is 2.68. The minimum atomic E-state index is -0.443. The van der Waals surface area contributed by atoms with E-state index in [1.807, 2.05) is 7.05 Å². The van der Waals surface area contributed by atoms with Gasteiger partial charge in [-0.1, -0.05) is 0 Å². The average molecular weight is 223 g/mol. The minimum absolute atomic E-state index is 0.00623. The first-order valence-corrected chi connectivity index (χ1v) is 5.25. The predicted molar refractivity (Wildman–Crippen MR) is 58.4 cm³/mol. The van der Waals surface area contributed by atoms with Crippen LogP contribution in [0.25, 0.3) is 0 Å². The van der Waals surface area contributed by atoms with Crippen LogP contribution in [0.5, 0.6) is 0 Å². The van der Waals surface area contributed by atoms with Crippen molar-refractivity contribution in [3.8, 4) is 0 Å². The number of halogens is 1. The number of hydrogen-bond donors (Lipinski definition) is 1. The fourth-order valence-electron chi connectivity index (χ4n) is 1.87. The Hall–Kier alpha value is -1.49. The van der Waals surface area contributed by atoms with Gasteiger partial charge in [0.05, 0.1) is 24.0 Å². The maximum Gasteiger partial charge on any atom is 0.228 e. The molecule has 1 aliphatic rings. The third-order valence-corrected chi connectivity index (χ3v) is 2.73. The highest BCUT2D eigenvalue weighted by Gasteiger charge is 2.26. The number of pyridine rings is 1. The highest BCUT2D eigenvalue weighted by atomic mass is 19.1. The molecule has 1 aliphatic heterocycles. The number of amides is 1. The number of carbonyl (C=O) groups is 1. The lowest BCUT2D eigenvalue weighted by Gasteiger charge is -2.10. The molecular weight excluding hydrogens is 209 g/mol. The fourth-order valence-corrected chi connectivity index (χ4v) is 1.87. The van der Waals surface area contributed by atoms with Gasteiger partial charge in [0.25, 0.3) is 0 Å². The van der Waals surface area contributed by atoms with Crippen LogP contribution in [0, 0.1) is 11.7 Å². The van der Waals surface area contributed by atoms with Crippen molar-refractivity contribution in [2.24, 2.45) is 5.92 Å². The van der Waals surface area contributed by atoms with E-state index in [2.05, 4.69) is 15.2 Å². The third-order valence-electron chi connectivity index (χ3n) is 2.73. The summed E-state index contributed by atoms with van der Waals surface area (Å²) in [5.41, 5.74) is 0.416. The van der Waals surface area contributed by atoms with Crippen molar-refractivity contribution in [2.45, 2.75) is 6.42 Å². The molecule has 0 radical (unpaired) electrons. The summed E-state index contributed by atoms with van der Waals surface area (Å²) in [6.07, 6.45) is 3.41. The Kier molecular flexibility index (Phi) is 3.14. The molecule has 0 spiro atoms. The first-order chi connectivity index (χ1) is 7.65. The zero-order valence-electron chi connectivity index (χ0n) is 9.11. The van der Waals surface area contributed by atoms with Crippen LogP contribution in [0.1, 0.15) is 6.42 Å². The van der Waals surface area contributed by atoms with E-state index in [-0.39, 0.29) is 11.8 Å². The molecule has 0 saturated carbocycles. The number of anilines is 1. The Bertz CT molecular complexity index is 397. The van der Waals surface area contributed by atoms with E-state index in [1.165, 1.54) is 12.3 Å². The molecule has 2 heterocycles. The Morgan fingerprint density at radius 3 is 3.06 bits per heavy atom. The third kappa shape index (κ3) is 2.55. The lowest BCUT2D eigenvalue weighted by Crippen LogP contribution is -2.25. The maximum absolute atomic E-state index is 12.8. The number of likely N-dealkylation sites (tertiary alicyclic amines) is 1. The summed E-state index contributed by atoms with van der Waals surface area (Å²) >= 11 is 0. The van der Waals surface area contributed by atoms with Gasteiger partial charge in [-0.3, -0.25) is 9.78 Å². The van der Waals surface area contributed by atoms with Crippen molar-refractivity contribution in [3.05, 3.63) is 24.3 Å². The minimum Gasteiger partial charge on any atom is -0.324 e. The van der Waals surface area contributed by atoms with Gasteiger partial charge in [-0.25, -0.2) is 4.39 Å². The largest absolute Gasteiger partial charge is 0.324 e. The lowest BCUT2D eigenvalue weighted by molar-refractivity contribution is -0.119. The molecule has 1 unspecified atom stereocenters. The summed E-state index contributed by atoms with van der Waals surface area (Å²) in [4.78, 5) is 17.6. The van der Waals surface area contributed by atoms with Crippen LogP contribution in [0.4, 0.5) is 10.1 Å². The topological polar surface area (TPSA) is 45.2 Å². The summed E-state index contributed by atoms with van der Waals surface area (Å²) in [6.45, 7) is 1.69. The normalized spacial score (nSPS) is 21.0. The Morgan fingerprint density at radius 2 is 2.44 bits per heavy atom. The highest BCUT2D eigenvalue weighted by Crippen LogP contribution is 2.17. The highest BCUT2D eigenvalue weighted by molar-refractivity contribution is 5.92. The van der Waals surface area contributed by atoms with Crippen molar-refractivity contribution in [3.63, 3.8) is 0 Å². The molecule has 1 atom stereocenters. The Balaban J connectivity index is 1.97. The molecule has 1 N–H and O–H groups in total. The molecule has 2 rings (SSSR count). The molecule has 16 heavy (non-hydrogen) atoms. The number of nitrogens with zero attached hydrogens (tertiary/aromatic N) is 2. The predicted octanol–water partition coefficient (Wildman–Crippen LogP) is 1.11. The van der Waals surface area contributed by atoms with Crippen molar-refractivity contribution < 1.29 is 9.18 Å². The molecule has 1 fully saturated rings. The summed E-state index contributed by atoms with van der Waals surface area (Å²) < 4.78 is 12.8. The Labute approximate surface area is 93.5 Å². The molecule has 5 heteroatoms. The van der Waals surface area contributed by atoms with E-state index < -0.39 is 5.82 Å². The quantitative estimate of drug-likeness (QED) is 0.817. The number of nitrogens with one attached hydrogen (secondary N) is 1. The first kappa shape index (κ1) is 11.0. The maximum atomic E-state index is 12.8. The van der Waals surface area contributed by atoms with Gasteiger partial charge in [0.15, 0.2) is 0 Å². The molecular formula is C11H14FN3O. The second kappa shape index (κ2) is 4.57. The van der Waals surface area contributed by atoms with Gasteiger partial charge >= 0.3 is 0 Å². The van der Waals surface area contributed by atoms with E-state index in [4.69, 9.17) is 0 Å². The SMILES string of the molecule is CN1CCC(C(=O)Nc2cncc(F)c2)C1. The number of carbonyl (C=O) groups excluding carboxylic acids is 1. The van der Waals surface area contributed by atoms with E-state index in [0.29, 0.717) is 5.69 Å². The molecule has 1 saturated heterocycles. The second-order valence-corrected chi connectivity index (χ2v) is 4.13. The van der Waals surface area contributed by atoms with Crippen LogP contribution in [0.15, 0.2) is 18.5 Å². The van der Waals surface area contributed by atoms with Crippen LogP contribution in [0.3, 0.4) is 0 Å². The van der Waals surface area contributed by atoms with Crippen molar-refractivity contribution >= 4 is 11.6 Å². The zero-order valence-corrected chi connectivity index (χ0v) is 9.11. The van der Waals surface area contributed by atoms with Gasteiger partial charge in [0, 0.05) is 12.6 Å². The van der Waals surface area contributed by atoms with Gasteiger partial charge in [-0.05, 0) is 20.0 Å². The first-order valence-electron chi connectivity index (χ1n) is 5.25. The molecule has 0 bridgehead atoms. The van der Waals surface area contributed by atoms with Gasteiger partial charge in [0.1, 0.15) is 5.82 Å². The van der Waals surface area contributed by atoms with Crippen LogP contribution in [-0.2, 0) is 4.79 Å². The van der Waals surface area contributed by atoms with Crippen LogP contribution in [0.2, 0.25) is 0 Å². The zero-order chi connectivity index (χ0) is 11.5. The lowest BCUT2D eigenvalue weighted by atomic mass is 10.1. The molecule has 0 aliphatic carbocycles. The molecule has 1 amide bonds. The molecule has 4 nitrogen and oxygen atoms in total. The fraction of sp³-hybridized carbons (Fsp3) is 0.455. The van der Waals surface area contributed by atoms with Gasteiger partial charge in [0.2, 0.25) is 5.91 Å². The monoisotopic (exact) mass is 223 g/mol. The van der Waals surface area contributed by atoms with Gasteiger partial charge in [-0.2, -0.15) is 0 Å². The van der Waals surface area contributed by atoms with Crippen LogP contribution >= 0.6 is 0 Å². The van der Waals surface area contributed by atoms with Gasteiger partial charge < -0.3 is 10.2 Å². The summed E-state index contributed by atoms with van der Waals surface area (Å²) in [5.74, 6) is -0.508.